The highest BCUT2D eigenvalue weighted by molar-refractivity contribution is 5.74. The molecule has 0 saturated carbocycles. The van der Waals surface area contributed by atoms with Gasteiger partial charge in [0.2, 0.25) is 0 Å². The van der Waals surface area contributed by atoms with Crippen LogP contribution in [0.15, 0.2) is 36.8 Å². The Hall–Kier alpha value is -2.37. The molecular weight excluding hydrogens is 319 g/mol. The van der Waals surface area contributed by atoms with Crippen LogP contribution in [0.5, 0.6) is 0 Å². The van der Waals surface area contributed by atoms with E-state index < -0.39 is 0 Å². The van der Waals surface area contributed by atoms with Crippen LogP contribution in [0.25, 0.3) is 0 Å². The van der Waals surface area contributed by atoms with E-state index in [1.54, 1.807) is 12.1 Å². The molecule has 25 heavy (non-hydrogen) atoms. The van der Waals surface area contributed by atoms with Crippen molar-refractivity contribution in [2.75, 3.05) is 13.1 Å². The van der Waals surface area contributed by atoms with Gasteiger partial charge >= 0.3 is 6.03 Å². The molecule has 1 aliphatic heterocycles. The van der Waals surface area contributed by atoms with E-state index in [1.165, 1.54) is 11.8 Å². The number of amides is 2. The maximum absolute atomic E-state index is 13.7. The number of nitrogens with one attached hydrogen (secondary N) is 1. The minimum absolute atomic E-state index is 0.0627. The van der Waals surface area contributed by atoms with Crippen LogP contribution in [0.3, 0.4) is 0 Å². The van der Waals surface area contributed by atoms with Gasteiger partial charge in [0.25, 0.3) is 0 Å². The number of urea groups is 1. The van der Waals surface area contributed by atoms with Crippen LogP contribution in [0.2, 0.25) is 0 Å². The summed E-state index contributed by atoms with van der Waals surface area (Å²) in [5, 5.41) is 2.99. The number of hydrogen-bond donors (Lipinski definition) is 1. The van der Waals surface area contributed by atoms with E-state index in [0.29, 0.717) is 17.9 Å². The molecule has 1 aromatic carbocycles. The molecule has 0 aliphatic carbocycles. The second-order valence-electron chi connectivity index (χ2n) is 6.84. The minimum Gasteiger partial charge on any atom is -0.337 e. The number of aromatic nitrogens is 2. The van der Waals surface area contributed by atoms with Gasteiger partial charge in [-0.1, -0.05) is 18.2 Å². The third-order valence-electron chi connectivity index (χ3n) is 4.91. The summed E-state index contributed by atoms with van der Waals surface area (Å²) in [5.74, 6) is 0.230. The number of aryl methyl sites for hydroxylation is 1. The van der Waals surface area contributed by atoms with Crippen LogP contribution in [0, 0.1) is 5.82 Å². The topological polar surface area (TPSA) is 50.2 Å². The van der Waals surface area contributed by atoms with Gasteiger partial charge in [-0.05, 0) is 37.8 Å². The van der Waals surface area contributed by atoms with Gasteiger partial charge in [-0.2, -0.15) is 0 Å². The lowest BCUT2D eigenvalue weighted by Crippen LogP contribution is -2.47. The van der Waals surface area contributed by atoms with Gasteiger partial charge in [-0.15, -0.1) is 0 Å². The van der Waals surface area contributed by atoms with Gasteiger partial charge in [-0.25, -0.2) is 14.2 Å². The summed E-state index contributed by atoms with van der Waals surface area (Å²) in [5.41, 5.74) is 1.86. The third-order valence-corrected chi connectivity index (χ3v) is 4.91. The highest BCUT2D eigenvalue weighted by atomic mass is 19.1. The van der Waals surface area contributed by atoms with E-state index in [1.807, 2.05) is 37.5 Å². The zero-order valence-corrected chi connectivity index (χ0v) is 14.8. The molecule has 6 heteroatoms. The number of carbonyl (C=O) groups is 1. The molecule has 2 aromatic rings. The normalized spacial score (nSPS) is 16.7. The van der Waals surface area contributed by atoms with E-state index in [4.69, 9.17) is 0 Å². The lowest BCUT2D eigenvalue weighted by molar-refractivity contribution is 0.177. The van der Waals surface area contributed by atoms with Gasteiger partial charge in [-0.3, -0.25) is 0 Å². The SMILES string of the molecule is CC(Cc1ccccc1F)NC(=O)N1CCC(c2cncn2C)CC1. The highest BCUT2D eigenvalue weighted by Gasteiger charge is 2.26. The first-order valence-electron chi connectivity index (χ1n) is 8.79. The van der Waals surface area contributed by atoms with Crippen molar-refractivity contribution in [3.63, 3.8) is 0 Å². The van der Waals surface area contributed by atoms with Gasteiger partial charge in [0.1, 0.15) is 5.82 Å². The van der Waals surface area contributed by atoms with Gasteiger partial charge in [0, 0.05) is 44.0 Å². The molecule has 1 N–H and O–H groups in total. The Bertz CT molecular complexity index is 722. The van der Waals surface area contributed by atoms with Crippen molar-refractivity contribution in [2.45, 2.75) is 38.1 Å². The monoisotopic (exact) mass is 344 g/mol. The number of imidazole rings is 1. The Balaban J connectivity index is 1.49. The van der Waals surface area contributed by atoms with Crippen LogP contribution < -0.4 is 5.32 Å². The lowest BCUT2D eigenvalue weighted by Gasteiger charge is -2.33. The molecule has 2 heterocycles. The molecule has 0 bridgehead atoms. The second kappa shape index (κ2) is 7.68. The Morgan fingerprint density at radius 2 is 2.08 bits per heavy atom. The molecule has 1 aromatic heterocycles. The number of hydrogen-bond acceptors (Lipinski definition) is 2. The smallest absolute Gasteiger partial charge is 0.317 e. The zero-order chi connectivity index (χ0) is 17.8. The summed E-state index contributed by atoms with van der Waals surface area (Å²) in [6.45, 7) is 3.37. The number of halogens is 1. The summed E-state index contributed by atoms with van der Waals surface area (Å²) in [7, 11) is 2.01. The third kappa shape index (κ3) is 4.18. The second-order valence-corrected chi connectivity index (χ2v) is 6.84. The van der Waals surface area contributed by atoms with Crippen molar-refractivity contribution in [2.24, 2.45) is 7.05 Å². The number of nitrogens with zero attached hydrogens (tertiary/aromatic N) is 3. The molecule has 134 valence electrons. The minimum atomic E-state index is -0.222. The van der Waals surface area contributed by atoms with E-state index in [9.17, 15) is 9.18 Å². The van der Waals surface area contributed by atoms with Crippen molar-refractivity contribution in [1.29, 1.82) is 0 Å². The summed E-state index contributed by atoms with van der Waals surface area (Å²) < 4.78 is 15.8. The first-order chi connectivity index (χ1) is 12.0. The molecule has 0 radical (unpaired) electrons. The van der Waals surface area contributed by atoms with E-state index in [0.717, 1.165) is 25.9 Å². The number of benzene rings is 1. The molecule has 5 nitrogen and oxygen atoms in total. The van der Waals surface area contributed by atoms with Crippen molar-refractivity contribution < 1.29 is 9.18 Å². The first-order valence-corrected chi connectivity index (χ1v) is 8.79. The molecule has 1 unspecified atom stereocenters. The van der Waals surface area contributed by atoms with Crippen LogP contribution in [-0.4, -0.2) is 39.6 Å². The summed E-state index contributed by atoms with van der Waals surface area (Å²) in [6.07, 6.45) is 6.10. The van der Waals surface area contributed by atoms with Crippen LogP contribution in [-0.2, 0) is 13.5 Å². The maximum atomic E-state index is 13.7. The zero-order valence-electron chi connectivity index (χ0n) is 14.8. The Morgan fingerprint density at radius 1 is 1.36 bits per heavy atom. The molecule has 1 aliphatic rings. The lowest BCUT2D eigenvalue weighted by atomic mass is 9.94. The maximum Gasteiger partial charge on any atom is 0.317 e. The van der Waals surface area contributed by atoms with Crippen LogP contribution >= 0.6 is 0 Å². The fraction of sp³-hybridized carbons (Fsp3) is 0.474. The first kappa shape index (κ1) is 17.5. The molecule has 1 saturated heterocycles. The molecular formula is C19H25FN4O. The van der Waals surface area contributed by atoms with Crippen molar-refractivity contribution >= 4 is 6.03 Å². The summed E-state index contributed by atoms with van der Waals surface area (Å²) >= 11 is 0. The van der Waals surface area contributed by atoms with Crippen molar-refractivity contribution in [3.05, 3.63) is 53.9 Å². The van der Waals surface area contributed by atoms with Crippen molar-refractivity contribution in [1.82, 2.24) is 19.8 Å². The molecule has 1 atom stereocenters. The highest BCUT2D eigenvalue weighted by Crippen LogP contribution is 2.27. The predicted molar refractivity (Wildman–Crippen MR) is 94.9 cm³/mol. The Kier molecular flexibility index (Phi) is 5.36. The van der Waals surface area contributed by atoms with Crippen molar-refractivity contribution in [3.8, 4) is 0 Å². The van der Waals surface area contributed by atoms with E-state index in [2.05, 4.69) is 14.9 Å². The fourth-order valence-corrected chi connectivity index (χ4v) is 3.49. The molecule has 1 fully saturated rings. The molecule has 2 amide bonds. The standard InChI is InChI=1S/C19H25FN4O/c1-14(11-16-5-3-4-6-17(16)20)22-19(25)24-9-7-15(8-10-24)18-12-21-13-23(18)2/h3-6,12-15H,7-11H2,1-2H3,(H,22,25). The van der Waals surface area contributed by atoms with Crippen LogP contribution in [0.4, 0.5) is 9.18 Å². The number of likely N-dealkylation sites (tertiary alicyclic amines) is 1. The average molecular weight is 344 g/mol. The fourth-order valence-electron chi connectivity index (χ4n) is 3.49. The van der Waals surface area contributed by atoms with Gasteiger partial charge < -0.3 is 14.8 Å². The number of carbonyl (C=O) groups excluding carboxylic acids is 1. The van der Waals surface area contributed by atoms with Gasteiger partial charge in [0.05, 0.1) is 6.33 Å². The van der Waals surface area contributed by atoms with Crippen LogP contribution in [0.1, 0.15) is 36.9 Å². The summed E-state index contributed by atoms with van der Waals surface area (Å²) in [4.78, 5) is 18.5. The quantitative estimate of drug-likeness (QED) is 0.927. The number of piperidine rings is 1. The average Bonchev–Trinajstić information content (AvgIpc) is 3.03. The summed E-state index contributed by atoms with van der Waals surface area (Å²) in [6, 6.07) is 6.53. The Labute approximate surface area is 147 Å². The number of rotatable bonds is 4. The molecule has 3 rings (SSSR count). The van der Waals surface area contributed by atoms with E-state index >= 15 is 0 Å². The van der Waals surface area contributed by atoms with E-state index in [-0.39, 0.29) is 17.9 Å². The largest absolute Gasteiger partial charge is 0.337 e. The molecule has 0 spiro atoms. The Morgan fingerprint density at radius 3 is 2.72 bits per heavy atom. The predicted octanol–water partition coefficient (Wildman–Crippen LogP) is 3.08. The van der Waals surface area contributed by atoms with Gasteiger partial charge in [0.15, 0.2) is 0 Å².